The smallest absolute Gasteiger partial charge is 0.201 e. The highest BCUT2D eigenvalue weighted by Crippen LogP contribution is 2.53. The van der Waals surface area contributed by atoms with E-state index < -0.39 is 57.6 Å². The van der Waals surface area contributed by atoms with E-state index in [1.807, 2.05) is 0 Å². The van der Waals surface area contributed by atoms with E-state index in [9.17, 15) is 50.4 Å². The highest BCUT2D eigenvalue weighted by Gasteiger charge is 2.40. The van der Waals surface area contributed by atoms with Crippen molar-refractivity contribution in [2.24, 2.45) is 0 Å². The number of ketones is 2. The molecule has 2 aliphatic carbocycles. The molecule has 0 amide bonds. The summed E-state index contributed by atoms with van der Waals surface area (Å²) in [7, 11) is 0. The molecule has 0 unspecified atom stereocenters. The van der Waals surface area contributed by atoms with Crippen molar-refractivity contribution >= 4 is 22.7 Å². The fourth-order valence-electron chi connectivity index (χ4n) is 5.27. The molecule has 188 valence electrons. The van der Waals surface area contributed by atoms with Crippen LogP contribution in [0.5, 0.6) is 46.0 Å². The molecule has 8 N–H and O–H groups in total. The van der Waals surface area contributed by atoms with Crippen LogP contribution >= 0.6 is 0 Å². The largest absolute Gasteiger partial charge is 0.508 e. The molecule has 0 radical (unpaired) electrons. The monoisotopic (exact) mass is 512 g/mol. The SMILES string of the molecule is O=C1c2c(O)cc(O)cc2C(=C2c3cc(O)cc(O)c3C(=O)c3c(O)cc(O)cc32)c2cc(O)cc(O)c21. The maximum Gasteiger partial charge on any atom is 0.201 e. The normalized spacial score (nSPS) is 13.6. The Morgan fingerprint density at radius 1 is 0.342 bits per heavy atom. The van der Waals surface area contributed by atoms with Gasteiger partial charge in [0.2, 0.25) is 11.6 Å². The summed E-state index contributed by atoms with van der Waals surface area (Å²) in [5.41, 5.74) is -1.71. The Bertz CT molecular complexity index is 1570. The van der Waals surface area contributed by atoms with Crippen molar-refractivity contribution in [2.45, 2.75) is 0 Å². The van der Waals surface area contributed by atoms with E-state index >= 15 is 0 Å². The van der Waals surface area contributed by atoms with E-state index in [2.05, 4.69) is 0 Å². The third-order valence-electron chi connectivity index (χ3n) is 6.64. The molecule has 10 heteroatoms. The van der Waals surface area contributed by atoms with E-state index in [-0.39, 0.29) is 55.7 Å². The van der Waals surface area contributed by atoms with E-state index in [1.165, 1.54) is 0 Å². The first-order valence-electron chi connectivity index (χ1n) is 11.1. The van der Waals surface area contributed by atoms with Gasteiger partial charge < -0.3 is 40.9 Å². The minimum absolute atomic E-state index is 0.0306. The van der Waals surface area contributed by atoms with Gasteiger partial charge in [-0.05, 0) is 35.4 Å². The van der Waals surface area contributed by atoms with Gasteiger partial charge in [0.15, 0.2) is 0 Å². The molecule has 0 heterocycles. The molecule has 0 fully saturated rings. The Morgan fingerprint density at radius 2 is 0.553 bits per heavy atom. The van der Waals surface area contributed by atoms with E-state index in [1.54, 1.807) is 0 Å². The Hall–Kier alpha value is -5.64. The minimum atomic E-state index is -0.834. The highest BCUT2D eigenvalue weighted by atomic mass is 16.3. The Kier molecular flexibility index (Phi) is 4.46. The second kappa shape index (κ2) is 7.43. The molecule has 6 rings (SSSR count). The topological polar surface area (TPSA) is 196 Å². The summed E-state index contributed by atoms with van der Waals surface area (Å²) in [6.45, 7) is 0. The molecule has 0 saturated carbocycles. The number of benzene rings is 4. The number of phenols is 8. The number of aromatic hydroxyl groups is 8. The van der Waals surface area contributed by atoms with Crippen molar-refractivity contribution in [1.82, 2.24) is 0 Å². The zero-order valence-corrected chi connectivity index (χ0v) is 19.0. The zero-order chi connectivity index (χ0) is 27.2. The number of carbonyl (C=O) groups excluding carboxylic acids is 2. The van der Waals surface area contributed by atoms with Gasteiger partial charge in [0.25, 0.3) is 0 Å². The van der Waals surface area contributed by atoms with Gasteiger partial charge in [-0.25, -0.2) is 0 Å². The lowest BCUT2D eigenvalue weighted by Gasteiger charge is -2.30. The van der Waals surface area contributed by atoms with Crippen LogP contribution in [-0.4, -0.2) is 52.4 Å². The summed E-state index contributed by atoms with van der Waals surface area (Å²) in [6.07, 6.45) is 0. The fraction of sp³-hybridized carbons (Fsp3) is 0. The van der Waals surface area contributed by atoms with E-state index in [0.717, 1.165) is 48.5 Å². The van der Waals surface area contributed by atoms with Crippen LogP contribution in [0, 0.1) is 0 Å². The van der Waals surface area contributed by atoms with Crippen LogP contribution in [0.3, 0.4) is 0 Å². The summed E-state index contributed by atoms with van der Waals surface area (Å²) in [5, 5.41) is 83.9. The third kappa shape index (κ3) is 2.94. The van der Waals surface area contributed by atoms with Gasteiger partial charge in [-0.15, -0.1) is 0 Å². The van der Waals surface area contributed by atoms with E-state index in [0.29, 0.717) is 0 Å². The van der Waals surface area contributed by atoms with Crippen molar-refractivity contribution in [1.29, 1.82) is 0 Å². The second-order valence-corrected chi connectivity index (χ2v) is 8.96. The fourth-order valence-corrected chi connectivity index (χ4v) is 5.27. The predicted octanol–water partition coefficient (Wildman–Crippen LogP) is 3.43. The second-order valence-electron chi connectivity index (χ2n) is 8.96. The molecular formula is C28H16O10. The van der Waals surface area contributed by atoms with Crippen LogP contribution in [0.1, 0.15) is 54.1 Å². The number of hydrogen-bond acceptors (Lipinski definition) is 10. The van der Waals surface area contributed by atoms with Gasteiger partial charge in [-0.2, -0.15) is 0 Å². The molecular weight excluding hydrogens is 496 g/mol. The average molecular weight is 512 g/mol. The van der Waals surface area contributed by atoms with Crippen LogP contribution in [0.2, 0.25) is 0 Å². The third-order valence-corrected chi connectivity index (χ3v) is 6.64. The molecule has 0 aliphatic heterocycles. The van der Waals surface area contributed by atoms with Gasteiger partial charge in [-0.3, -0.25) is 9.59 Å². The number of carbonyl (C=O) groups is 2. The van der Waals surface area contributed by atoms with Crippen LogP contribution in [-0.2, 0) is 0 Å². The predicted molar refractivity (Wildman–Crippen MR) is 131 cm³/mol. The Balaban J connectivity index is 1.93. The maximum absolute atomic E-state index is 13.4. The van der Waals surface area contributed by atoms with Crippen LogP contribution in [0.4, 0.5) is 0 Å². The number of hydrogen-bond donors (Lipinski definition) is 8. The molecule has 0 aromatic heterocycles. The number of fused-ring (bicyclic) bond motifs is 4. The first-order valence-corrected chi connectivity index (χ1v) is 11.1. The zero-order valence-electron chi connectivity index (χ0n) is 19.0. The standard InChI is InChI=1S/C28H16O10/c29-9-1-13-21(14-2-10(30)6-18(34)24(14)27(37)23(13)17(33)5-9)22-15-3-11(31)7-19(35)25(15)28(38)26-16(22)4-12(32)8-20(26)36/h1-8,29-36H. The van der Waals surface area contributed by atoms with E-state index in [4.69, 9.17) is 0 Å². The first-order chi connectivity index (χ1) is 18.0. The summed E-state index contributed by atoms with van der Waals surface area (Å²) in [4.78, 5) is 26.9. The quantitative estimate of drug-likeness (QED) is 0.149. The van der Waals surface area contributed by atoms with Crippen molar-refractivity contribution in [3.05, 3.63) is 93.0 Å². The van der Waals surface area contributed by atoms with Gasteiger partial charge in [0, 0.05) is 46.5 Å². The van der Waals surface area contributed by atoms with Crippen molar-refractivity contribution in [3.63, 3.8) is 0 Å². The molecule has 0 saturated heterocycles. The molecule has 10 nitrogen and oxygen atoms in total. The molecule has 4 aromatic rings. The van der Waals surface area contributed by atoms with Crippen LogP contribution in [0.25, 0.3) is 11.1 Å². The minimum Gasteiger partial charge on any atom is -0.508 e. The molecule has 4 aromatic carbocycles. The lowest BCUT2D eigenvalue weighted by atomic mass is 9.72. The number of rotatable bonds is 0. The Labute approximate surface area is 212 Å². The molecule has 38 heavy (non-hydrogen) atoms. The van der Waals surface area contributed by atoms with Crippen molar-refractivity contribution < 1.29 is 50.4 Å². The average Bonchev–Trinajstić information content (AvgIpc) is 2.78. The van der Waals surface area contributed by atoms with Gasteiger partial charge >= 0.3 is 0 Å². The molecule has 0 atom stereocenters. The summed E-state index contributed by atoms with van der Waals surface area (Å²) >= 11 is 0. The maximum atomic E-state index is 13.4. The summed E-state index contributed by atoms with van der Waals surface area (Å²) in [5.74, 6) is -6.02. The summed E-state index contributed by atoms with van der Waals surface area (Å²) < 4.78 is 0. The van der Waals surface area contributed by atoms with Gasteiger partial charge in [0.1, 0.15) is 46.0 Å². The first kappa shape index (κ1) is 22.8. The summed E-state index contributed by atoms with van der Waals surface area (Å²) in [6, 6.07) is 8.24. The van der Waals surface area contributed by atoms with Gasteiger partial charge in [-0.1, -0.05) is 0 Å². The number of phenolic OH excluding ortho intramolecular Hbond substituents is 8. The van der Waals surface area contributed by atoms with Gasteiger partial charge in [0.05, 0.1) is 22.3 Å². The lowest BCUT2D eigenvalue weighted by Crippen LogP contribution is -2.20. The van der Waals surface area contributed by atoms with Crippen LogP contribution in [0.15, 0.2) is 48.5 Å². The molecule has 2 aliphatic rings. The molecule has 0 bridgehead atoms. The van der Waals surface area contributed by atoms with Crippen molar-refractivity contribution in [2.75, 3.05) is 0 Å². The lowest BCUT2D eigenvalue weighted by molar-refractivity contribution is 0.102. The van der Waals surface area contributed by atoms with Crippen molar-refractivity contribution in [3.8, 4) is 46.0 Å². The van der Waals surface area contributed by atoms with Crippen LogP contribution < -0.4 is 0 Å². The highest BCUT2D eigenvalue weighted by molar-refractivity contribution is 6.29. The Morgan fingerprint density at radius 3 is 0.763 bits per heavy atom. The molecule has 0 spiro atoms.